The van der Waals surface area contributed by atoms with Gasteiger partial charge in [0, 0.05) is 6.04 Å². The summed E-state index contributed by atoms with van der Waals surface area (Å²) in [5.41, 5.74) is 1.45. The van der Waals surface area contributed by atoms with Crippen LogP contribution in [0.15, 0.2) is 24.3 Å². The number of methoxy groups -OCH3 is 1. The van der Waals surface area contributed by atoms with Crippen molar-refractivity contribution in [2.45, 2.75) is 57.4 Å². The van der Waals surface area contributed by atoms with Gasteiger partial charge >= 0.3 is 0 Å². The first kappa shape index (κ1) is 14.9. The van der Waals surface area contributed by atoms with E-state index in [2.05, 4.69) is 29.6 Å². The van der Waals surface area contributed by atoms with Crippen molar-refractivity contribution in [3.05, 3.63) is 29.8 Å². The van der Waals surface area contributed by atoms with Gasteiger partial charge in [0.2, 0.25) is 0 Å². The topological polar surface area (TPSA) is 21.3 Å². The van der Waals surface area contributed by atoms with Gasteiger partial charge in [-0.3, -0.25) is 0 Å². The SMILES string of the molecule is COc1ccc(CCC2CCCCC2CNC2CC2)cc1. The van der Waals surface area contributed by atoms with Crippen molar-refractivity contribution >= 4 is 0 Å². The van der Waals surface area contributed by atoms with Gasteiger partial charge < -0.3 is 10.1 Å². The number of hydrogen-bond acceptors (Lipinski definition) is 2. The summed E-state index contributed by atoms with van der Waals surface area (Å²) < 4.78 is 5.23. The normalized spacial score (nSPS) is 25.8. The number of hydrogen-bond donors (Lipinski definition) is 1. The summed E-state index contributed by atoms with van der Waals surface area (Å²) >= 11 is 0. The lowest BCUT2D eigenvalue weighted by atomic mass is 9.76. The molecule has 116 valence electrons. The van der Waals surface area contributed by atoms with E-state index in [0.29, 0.717) is 0 Å². The van der Waals surface area contributed by atoms with Gasteiger partial charge in [-0.05, 0) is 68.2 Å². The molecule has 1 aromatic carbocycles. The van der Waals surface area contributed by atoms with Gasteiger partial charge in [-0.2, -0.15) is 0 Å². The fraction of sp³-hybridized carbons (Fsp3) is 0.684. The van der Waals surface area contributed by atoms with Crippen LogP contribution in [0.5, 0.6) is 5.75 Å². The van der Waals surface area contributed by atoms with Crippen LogP contribution in [-0.4, -0.2) is 19.7 Å². The Hall–Kier alpha value is -1.02. The summed E-state index contributed by atoms with van der Waals surface area (Å²) in [7, 11) is 1.73. The van der Waals surface area contributed by atoms with E-state index in [4.69, 9.17) is 4.74 Å². The van der Waals surface area contributed by atoms with E-state index >= 15 is 0 Å². The minimum absolute atomic E-state index is 0.856. The van der Waals surface area contributed by atoms with Gasteiger partial charge in [-0.25, -0.2) is 0 Å². The number of nitrogens with one attached hydrogen (secondary N) is 1. The lowest BCUT2D eigenvalue weighted by Crippen LogP contribution is -2.32. The van der Waals surface area contributed by atoms with Crippen molar-refractivity contribution < 1.29 is 4.74 Å². The number of aryl methyl sites for hydroxylation is 1. The van der Waals surface area contributed by atoms with Crippen molar-refractivity contribution in [2.24, 2.45) is 11.8 Å². The van der Waals surface area contributed by atoms with Crippen LogP contribution >= 0.6 is 0 Å². The molecule has 2 aliphatic rings. The second-order valence-electron chi connectivity index (χ2n) is 6.87. The Labute approximate surface area is 129 Å². The maximum atomic E-state index is 5.23. The van der Waals surface area contributed by atoms with Crippen molar-refractivity contribution in [3.8, 4) is 5.75 Å². The van der Waals surface area contributed by atoms with Gasteiger partial charge in [0.25, 0.3) is 0 Å². The van der Waals surface area contributed by atoms with Gasteiger partial charge in [0.1, 0.15) is 5.75 Å². The predicted molar refractivity (Wildman–Crippen MR) is 87.8 cm³/mol. The Kier molecular flexibility index (Phi) is 5.18. The van der Waals surface area contributed by atoms with Gasteiger partial charge in [0.05, 0.1) is 7.11 Å². The molecule has 1 N–H and O–H groups in total. The molecule has 2 heteroatoms. The minimum Gasteiger partial charge on any atom is -0.497 e. The smallest absolute Gasteiger partial charge is 0.118 e. The lowest BCUT2D eigenvalue weighted by Gasteiger charge is -2.32. The molecule has 2 aliphatic carbocycles. The predicted octanol–water partition coefficient (Wildman–Crippen LogP) is 4.19. The van der Waals surface area contributed by atoms with E-state index in [0.717, 1.165) is 23.6 Å². The molecule has 21 heavy (non-hydrogen) atoms. The monoisotopic (exact) mass is 287 g/mol. The third-order valence-corrected chi connectivity index (χ3v) is 5.28. The van der Waals surface area contributed by atoms with Crippen molar-refractivity contribution in [2.75, 3.05) is 13.7 Å². The highest BCUT2D eigenvalue weighted by molar-refractivity contribution is 5.27. The summed E-state index contributed by atoms with van der Waals surface area (Å²) in [6, 6.07) is 9.47. The molecule has 0 bridgehead atoms. The van der Waals surface area contributed by atoms with Crippen LogP contribution in [0, 0.1) is 11.8 Å². The maximum Gasteiger partial charge on any atom is 0.118 e. The molecule has 2 saturated carbocycles. The van der Waals surface area contributed by atoms with Gasteiger partial charge in [0.15, 0.2) is 0 Å². The third-order valence-electron chi connectivity index (χ3n) is 5.28. The van der Waals surface area contributed by atoms with E-state index < -0.39 is 0 Å². The second-order valence-corrected chi connectivity index (χ2v) is 6.87. The summed E-state index contributed by atoms with van der Waals surface area (Å²) in [5, 5.41) is 3.75. The van der Waals surface area contributed by atoms with Crippen molar-refractivity contribution in [1.82, 2.24) is 5.32 Å². The van der Waals surface area contributed by atoms with Crippen molar-refractivity contribution in [1.29, 1.82) is 0 Å². The molecule has 0 aliphatic heterocycles. The average Bonchev–Trinajstić information content (AvgIpc) is 3.36. The Bertz CT molecular complexity index is 424. The lowest BCUT2D eigenvalue weighted by molar-refractivity contribution is 0.217. The van der Waals surface area contributed by atoms with Crippen LogP contribution in [0.1, 0.15) is 50.5 Å². The highest BCUT2D eigenvalue weighted by atomic mass is 16.5. The molecule has 0 heterocycles. The van der Waals surface area contributed by atoms with Gasteiger partial charge in [-0.1, -0.05) is 31.4 Å². The fourth-order valence-corrected chi connectivity index (χ4v) is 3.68. The first-order valence-electron chi connectivity index (χ1n) is 8.71. The van der Waals surface area contributed by atoms with Gasteiger partial charge in [-0.15, -0.1) is 0 Å². The summed E-state index contributed by atoms with van der Waals surface area (Å²) in [6.45, 7) is 1.26. The first-order valence-corrected chi connectivity index (χ1v) is 8.71. The van der Waals surface area contributed by atoms with Crippen LogP contribution in [0.3, 0.4) is 0 Å². The zero-order valence-corrected chi connectivity index (χ0v) is 13.3. The van der Waals surface area contributed by atoms with E-state index in [1.807, 2.05) is 0 Å². The fourth-order valence-electron chi connectivity index (χ4n) is 3.68. The molecule has 3 rings (SSSR count). The molecular formula is C19H29NO. The molecule has 2 unspecified atom stereocenters. The summed E-state index contributed by atoms with van der Waals surface area (Å²) in [4.78, 5) is 0. The highest BCUT2D eigenvalue weighted by Crippen LogP contribution is 2.33. The molecule has 2 fully saturated rings. The minimum atomic E-state index is 0.856. The molecule has 2 atom stereocenters. The molecular weight excluding hydrogens is 258 g/mol. The van der Waals surface area contributed by atoms with Crippen LogP contribution in [0.2, 0.25) is 0 Å². The summed E-state index contributed by atoms with van der Waals surface area (Å²) in [5.74, 6) is 2.80. The van der Waals surface area contributed by atoms with Crippen molar-refractivity contribution in [3.63, 3.8) is 0 Å². The molecule has 0 radical (unpaired) electrons. The molecule has 1 aromatic rings. The maximum absolute atomic E-state index is 5.23. The number of rotatable bonds is 7. The second kappa shape index (κ2) is 7.31. The zero-order chi connectivity index (χ0) is 14.5. The molecule has 0 spiro atoms. The van der Waals surface area contributed by atoms with E-state index in [9.17, 15) is 0 Å². The zero-order valence-electron chi connectivity index (χ0n) is 13.3. The summed E-state index contributed by atoms with van der Waals surface area (Å²) in [6.07, 6.45) is 11.1. The quantitative estimate of drug-likeness (QED) is 0.812. The first-order chi connectivity index (χ1) is 10.3. The average molecular weight is 287 g/mol. The largest absolute Gasteiger partial charge is 0.497 e. The van der Waals surface area contributed by atoms with E-state index in [1.165, 1.54) is 63.5 Å². The third kappa shape index (κ3) is 4.47. The number of benzene rings is 1. The Morgan fingerprint density at radius 3 is 2.38 bits per heavy atom. The van der Waals surface area contributed by atoms with Crippen LogP contribution in [0.25, 0.3) is 0 Å². The molecule has 2 nitrogen and oxygen atoms in total. The highest BCUT2D eigenvalue weighted by Gasteiger charge is 2.27. The number of ether oxygens (including phenoxy) is 1. The Balaban J connectivity index is 1.48. The standard InChI is InChI=1S/C19H29NO/c1-21-19-12-7-15(8-13-19)6-9-16-4-2-3-5-17(16)14-20-18-10-11-18/h7-8,12-13,16-18,20H,2-6,9-11,14H2,1H3. The Morgan fingerprint density at radius 1 is 1.00 bits per heavy atom. The molecule has 0 aromatic heterocycles. The van der Waals surface area contributed by atoms with Crippen LogP contribution in [0.4, 0.5) is 0 Å². The Morgan fingerprint density at radius 2 is 1.71 bits per heavy atom. The van der Waals surface area contributed by atoms with E-state index in [-0.39, 0.29) is 0 Å². The molecule has 0 amide bonds. The van der Waals surface area contributed by atoms with Crippen LogP contribution < -0.4 is 10.1 Å². The molecule has 0 saturated heterocycles. The van der Waals surface area contributed by atoms with E-state index in [1.54, 1.807) is 7.11 Å². The van der Waals surface area contributed by atoms with Crippen LogP contribution in [-0.2, 0) is 6.42 Å².